The Kier molecular flexibility index (Phi) is 7.97. The molecule has 0 saturated heterocycles. The molecule has 0 aromatic heterocycles. The lowest BCUT2D eigenvalue weighted by molar-refractivity contribution is 0.331. The van der Waals surface area contributed by atoms with Crippen molar-refractivity contribution in [1.29, 1.82) is 0 Å². The van der Waals surface area contributed by atoms with Crippen LogP contribution in [0, 0.1) is 5.41 Å². The maximum atomic E-state index is 5.60. The third-order valence-electron chi connectivity index (χ3n) is 4.21. The highest BCUT2D eigenvalue weighted by molar-refractivity contribution is 5.79. The summed E-state index contributed by atoms with van der Waals surface area (Å²) in [4.78, 5) is 4.66. The topological polar surface area (TPSA) is 62.4 Å². The Hall–Kier alpha value is -0.770. The van der Waals surface area contributed by atoms with Crippen LogP contribution in [0.3, 0.4) is 0 Å². The predicted octanol–water partition coefficient (Wildman–Crippen LogP) is 3.33. The number of guanidine groups is 1. The van der Waals surface area contributed by atoms with Crippen molar-refractivity contribution in [2.45, 2.75) is 84.6 Å². The maximum Gasteiger partial charge on any atom is 0.205 e. The van der Waals surface area contributed by atoms with Gasteiger partial charge in [0, 0.05) is 12.6 Å². The molecule has 20 heavy (non-hydrogen) atoms. The molecule has 0 atom stereocenters. The normalized spacial score (nSPS) is 18.1. The van der Waals surface area contributed by atoms with Gasteiger partial charge in [0.1, 0.15) is 0 Å². The number of unbranched alkanes of at least 4 members (excludes halogenated alkanes) is 2. The second-order valence-electron chi connectivity index (χ2n) is 6.91. The van der Waals surface area contributed by atoms with Crippen LogP contribution in [-0.2, 0) is 0 Å². The van der Waals surface area contributed by atoms with Gasteiger partial charge in [0.2, 0.25) is 5.96 Å². The summed E-state index contributed by atoms with van der Waals surface area (Å²) in [7, 11) is 0. The molecule has 1 rings (SSSR count). The van der Waals surface area contributed by atoms with Gasteiger partial charge < -0.3 is 5.32 Å². The summed E-state index contributed by atoms with van der Waals surface area (Å²) in [6.07, 6.45) is 11.6. The molecule has 4 N–H and O–H groups in total. The van der Waals surface area contributed by atoms with E-state index in [1.807, 2.05) is 0 Å². The van der Waals surface area contributed by atoms with Gasteiger partial charge >= 0.3 is 0 Å². The number of nitrogens with one attached hydrogen (secondary N) is 2. The molecule has 1 saturated carbocycles. The van der Waals surface area contributed by atoms with E-state index < -0.39 is 0 Å². The molecule has 0 amide bonds. The Morgan fingerprint density at radius 1 is 1.20 bits per heavy atom. The zero-order chi connectivity index (χ0) is 14.8. The van der Waals surface area contributed by atoms with Crippen LogP contribution >= 0.6 is 0 Å². The number of nitrogens with zero attached hydrogens (tertiary/aromatic N) is 1. The highest BCUT2D eigenvalue weighted by Crippen LogP contribution is 2.24. The third kappa shape index (κ3) is 7.13. The summed E-state index contributed by atoms with van der Waals surface area (Å²) < 4.78 is 0. The van der Waals surface area contributed by atoms with Crippen LogP contribution in [-0.4, -0.2) is 18.5 Å². The minimum absolute atomic E-state index is 0.255. The predicted molar refractivity (Wildman–Crippen MR) is 87.6 cm³/mol. The van der Waals surface area contributed by atoms with Crippen LogP contribution in [0.25, 0.3) is 0 Å². The molecule has 0 aliphatic heterocycles. The third-order valence-corrected chi connectivity index (χ3v) is 4.21. The summed E-state index contributed by atoms with van der Waals surface area (Å²) in [5.41, 5.74) is 2.98. The number of nitrogens with two attached hydrogens (primary N) is 1. The zero-order valence-corrected chi connectivity index (χ0v) is 13.7. The van der Waals surface area contributed by atoms with Crippen molar-refractivity contribution in [3.05, 3.63) is 0 Å². The number of hydrogen-bond donors (Lipinski definition) is 3. The van der Waals surface area contributed by atoms with E-state index in [9.17, 15) is 0 Å². The minimum atomic E-state index is 0.255. The van der Waals surface area contributed by atoms with Crippen molar-refractivity contribution in [2.75, 3.05) is 6.54 Å². The summed E-state index contributed by atoms with van der Waals surface area (Å²) in [6.45, 7) is 7.66. The highest BCUT2D eigenvalue weighted by Gasteiger charge is 2.18. The smallest absolute Gasteiger partial charge is 0.205 e. The fourth-order valence-electron chi connectivity index (χ4n) is 2.80. The largest absolute Gasteiger partial charge is 0.353 e. The molecule has 4 heteroatoms. The van der Waals surface area contributed by atoms with Gasteiger partial charge in [-0.25, -0.2) is 5.84 Å². The molecule has 1 fully saturated rings. The van der Waals surface area contributed by atoms with Crippen molar-refractivity contribution < 1.29 is 0 Å². The van der Waals surface area contributed by atoms with Gasteiger partial charge in [0.25, 0.3) is 0 Å². The van der Waals surface area contributed by atoms with E-state index in [-0.39, 0.29) is 5.41 Å². The van der Waals surface area contributed by atoms with Crippen molar-refractivity contribution >= 4 is 5.96 Å². The summed E-state index contributed by atoms with van der Waals surface area (Å²) in [5.74, 6) is 6.36. The Labute approximate surface area is 125 Å². The molecule has 0 bridgehead atoms. The van der Waals surface area contributed by atoms with Gasteiger partial charge in [-0.15, -0.1) is 0 Å². The molecule has 118 valence electrons. The summed E-state index contributed by atoms with van der Waals surface area (Å²) in [6, 6.07) is 0.543. The van der Waals surface area contributed by atoms with Crippen LogP contribution in [0.4, 0.5) is 0 Å². The Morgan fingerprint density at radius 2 is 1.90 bits per heavy atom. The van der Waals surface area contributed by atoms with Crippen LogP contribution in [0.1, 0.15) is 78.6 Å². The molecule has 0 heterocycles. The quantitative estimate of drug-likeness (QED) is 0.221. The maximum absolute atomic E-state index is 5.60. The van der Waals surface area contributed by atoms with Gasteiger partial charge in [0.15, 0.2) is 0 Å². The van der Waals surface area contributed by atoms with Crippen molar-refractivity contribution in [2.24, 2.45) is 16.3 Å². The Morgan fingerprint density at radius 3 is 2.50 bits per heavy atom. The van der Waals surface area contributed by atoms with Gasteiger partial charge in [-0.05, 0) is 24.7 Å². The lowest BCUT2D eigenvalue weighted by Gasteiger charge is -2.26. The van der Waals surface area contributed by atoms with Crippen molar-refractivity contribution in [3.63, 3.8) is 0 Å². The molecule has 4 nitrogen and oxygen atoms in total. The van der Waals surface area contributed by atoms with Crippen LogP contribution in [0.15, 0.2) is 4.99 Å². The standard InChI is InChI=1S/C16H34N4/c1-4-5-9-12-16(2,3)13-18-15(20-17)19-14-10-7-6-8-11-14/h14H,4-13,17H2,1-3H3,(H2,18,19,20). The lowest BCUT2D eigenvalue weighted by Crippen LogP contribution is -2.47. The molecule has 0 radical (unpaired) electrons. The van der Waals surface area contributed by atoms with E-state index >= 15 is 0 Å². The van der Waals surface area contributed by atoms with Gasteiger partial charge in [-0.2, -0.15) is 0 Å². The van der Waals surface area contributed by atoms with E-state index in [1.54, 1.807) is 0 Å². The second kappa shape index (κ2) is 9.22. The Bertz CT molecular complexity index is 280. The van der Waals surface area contributed by atoms with E-state index in [2.05, 4.69) is 36.5 Å². The zero-order valence-electron chi connectivity index (χ0n) is 13.7. The van der Waals surface area contributed by atoms with Crippen molar-refractivity contribution in [1.82, 2.24) is 10.7 Å². The summed E-state index contributed by atoms with van der Waals surface area (Å²) in [5, 5.41) is 3.46. The molecular formula is C16H34N4. The van der Waals surface area contributed by atoms with E-state index in [0.717, 1.165) is 12.5 Å². The van der Waals surface area contributed by atoms with E-state index in [4.69, 9.17) is 5.84 Å². The molecule has 1 aliphatic carbocycles. The first-order valence-electron chi connectivity index (χ1n) is 8.35. The molecule has 0 aromatic rings. The van der Waals surface area contributed by atoms with Crippen LogP contribution in [0.5, 0.6) is 0 Å². The second-order valence-corrected chi connectivity index (χ2v) is 6.91. The monoisotopic (exact) mass is 282 g/mol. The number of aliphatic imine (C=N–C) groups is 1. The molecule has 1 aliphatic rings. The van der Waals surface area contributed by atoms with Gasteiger partial charge in [-0.3, -0.25) is 10.4 Å². The molecule has 0 spiro atoms. The first kappa shape index (κ1) is 17.3. The number of hydrazine groups is 1. The molecular weight excluding hydrogens is 248 g/mol. The first-order valence-corrected chi connectivity index (χ1v) is 8.35. The highest BCUT2D eigenvalue weighted by atomic mass is 15.3. The van der Waals surface area contributed by atoms with Gasteiger partial charge in [0.05, 0.1) is 0 Å². The lowest BCUT2D eigenvalue weighted by atomic mass is 9.87. The number of hydrogen-bond acceptors (Lipinski definition) is 2. The first-order chi connectivity index (χ1) is 9.57. The average Bonchev–Trinajstić information content (AvgIpc) is 2.44. The fraction of sp³-hybridized carbons (Fsp3) is 0.938. The van der Waals surface area contributed by atoms with Gasteiger partial charge in [-0.1, -0.05) is 59.3 Å². The molecule has 0 unspecified atom stereocenters. The molecule has 0 aromatic carbocycles. The number of rotatable bonds is 7. The van der Waals surface area contributed by atoms with Crippen molar-refractivity contribution in [3.8, 4) is 0 Å². The Balaban J connectivity index is 2.38. The van der Waals surface area contributed by atoms with E-state index in [0.29, 0.717) is 6.04 Å². The van der Waals surface area contributed by atoms with E-state index in [1.165, 1.54) is 57.8 Å². The minimum Gasteiger partial charge on any atom is -0.353 e. The average molecular weight is 282 g/mol. The summed E-state index contributed by atoms with van der Waals surface area (Å²) >= 11 is 0. The SMILES string of the molecule is CCCCCC(C)(C)CN=C(NN)NC1CCCCC1. The van der Waals surface area contributed by atoms with Crippen LogP contribution in [0.2, 0.25) is 0 Å². The fourth-order valence-corrected chi connectivity index (χ4v) is 2.80. The van der Waals surface area contributed by atoms with Crippen LogP contribution < -0.4 is 16.6 Å².